The van der Waals surface area contributed by atoms with Gasteiger partial charge in [0, 0.05) is 24.4 Å². The molecule has 0 aliphatic carbocycles. The van der Waals surface area contributed by atoms with Gasteiger partial charge in [-0.2, -0.15) is 5.26 Å². The lowest BCUT2D eigenvalue weighted by Gasteiger charge is -2.26. The van der Waals surface area contributed by atoms with Crippen LogP contribution in [0.1, 0.15) is 24.0 Å². The van der Waals surface area contributed by atoms with E-state index >= 15 is 0 Å². The van der Waals surface area contributed by atoms with Gasteiger partial charge in [0.05, 0.1) is 16.6 Å². The summed E-state index contributed by atoms with van der Waals surface area (Å²) in [6.07, 6.45) is 0.202. The van der Waals surface area contributed by atoms with Gasteiger partial charge in [0.25, 0.3) is 5.69 Å². The Balaban J connectivity index is 1.98. The molecule has 2 rings (SSSR count). The molecule has 2 aromatic carbocycles. The van der Waals surface area contributed by atoms with E-state index in [0.29, 0.717) is 30.6 Å². The zero-order valence-corrected chi connectivity index (χ0v) is 14.6. The van der Waals surface area contributed by atoms with Crippen molar-refractivity contribution in [3.8, 4) is 6.07 Å². The number of aliphatic hydroxyl groups excluding tert-OH is 1. The van der Waals surface area contributed by atoms with Gasteiger partial charge in [-0.15, -0.1) is 0 Å². The second-order valence-corrected chi connectivity index (χ2v) is 5.95. The normalized spacial score (nSPS) is 10.4. The number of nitro groups is 1. The molecule has 0 unspecified atom stereocenters. The number of hydrogen-bond donors (Lipinski definition) is 3. The number of amidine groups is 1. The number of aryl methyl sites for hydroxylation is 1. The lowest BCUT2D eigenvalue weighted by atomic mass is 10.1. The summed E-state index contributed by atoms with van der Waals surface area (Å²) in [6, 6.07) is 15.0. The fourth-order valence-corrected chi connectivity index (χ4v) is 2.65. The number of benzene rings is 2. The zero-order valence-electron chi connectivity index (χ0n) is 14.6. The summed E-state index contributed by atoms with van der Waals surface area (Å²) in [7, 11) is 0. The van der Waals surface area contributed by atoms with Gasteiger partial charge in [0.2, 0.25) is 6.29 Å². The number of nitro benzene ring substituents is 1. The standard InChI is InChI=1S/C19H20N4O4/c20-13-15-5-3-6-17(12-15)22(18(21)19(24)25)11-2-1-4-14-7-9-16(10-8-14)23(26)27/h3,5-10,12,19,21,24-25H,1-2,4,11H2. The summed E-state index contributed by atoms with van der Waals surface area (Å²) in [5.74, 6) is -0.361. The molecule has 0 radical (unpaired) electrons. The van der Waals surface area contributed by atoms with Crippen LogP contribution < -0.4 is 4.90 Å². The number of nitrogens with zero attached hydrogens (tertiary/aromatic N) is 3. The Labute approximate surface area is 156 Å². The van der Waals surface area contributed by atoms with Crippen LogP contribution in [0.3, 0.4) is 0 Å². The average molecular weight is 368 g/mol. The van der Waals surface area contributed by atoms with Crippen molar-refractivity contribution in [1.82, 2.24) is 0 Å². The van der Waals surface area contributed by atoms with Crippen molar-refractivity contribution in [3.63, 3.8) is 0 Å². The van der Waals surface area contributed by atoms with E-state index in [0.717, 1.165) is 12.0 Å². The molecule has 0 saturated carbocycles. The van der Waals surface area contributed by atoms with Gasteiger partial charge in [-0.1, -0.05) is 18.2 Å². The molecular weight excluding hydrogens is 348 g/mol. The molecule has 0 saturated heterocycles. The van der Waals surface area contributed by atoms with Gasteiger partial charge in [-0.25, -0.2) is 0 Å². The second-order valence-electron chi connectivity index (χ2n) is 5.95. The Morgan fingerprint density at radius 1 is 1.22 bits per heavy atom. The number of non-ortho nitro benzene ring substituents is 1. The van der Waals surface area contributed by atoms with Crippen molar-refractivity contribution < 1.29 is 15.1 Å². The van der Waals surface area contributed by atoms with Crippen LogP contribution in [0.25, 0.3) is 0 Å². The third-order valence-corrected chi connectivity index (χ3v) is 4.07. The van der Waals surface area contributed by atoms with Gasteiger partial charge < -0.3 is 15.1 Å². The molecule has 27 heavy (non-hydrogen) atoms. The van der Waals surface area contributed by atoms with Gasteiger partial charge in [-0.05, 0) is 43.0 Å². The summed E-state index contributed by atoms with van der Waals surface area (Å²) < 4.78 is 0. The van der Waals surface area contributed by atoms with Crippen LogP contribution >= 0.6 is 0 Å². The van der Waals surface area contributed by atoms with Crippen molar-refractivity contribution in [3.05, 3.63) is 69.8 Å². The molecule has 8 heteroatoms. The van der Waals surface area contributed by atoms with E-state index in [2.05, 4.69) is 0 Å². The molecule has 8 nitrogen and oxygen atoms in total. The Kier molecular flexibility index (Phi) is 7.00. The van der Waals surface area contributed by atoms with Crippen LogP contribution in [0, 0.1) is 26.9 Å². The number of aliphatic hydroxyl groups is 2. The summed E-state index contributed by atoms with van der Waals surface area (Å²) in [5.41, 5.74) is 1.98. The SMILES string of the molecule is N#Cc1cccc(N(CCCCc2ccc([N+](=O)[O-])cc2)C(=N)C(O)O)c1. The predicted molar refractivity (Wildman–Crippen MR) is 100 cm³/mol. The summed E-state index contributed by atoms with van der Waals surface area (Å²) in [5, 5.41) is 46.3. The Hall–Kier alpha value is -3.28. The Morgan fingerprint density at radius 3 is 2.52 bits per heavy atom. The Bertz CT molecular complexity index is 844. The van der Waals surface area contributed by atoms with Gasteiger partial charge in [0.1, 0.15) is 0 Å². The monoisotopic (exact) mass is 368 g/mol. The van der Waals surface area contributed by atoms with E-state index < -0.39 is 11.2 Å². The molecule has 0 atom stereocenters. The van der Waals surface area contributed by atoms with Crippen LogP contribution in [0.2, 0.25) is 0 Å². The maximum absolute atomic E-state index is 10.7. The smallest absolute Gasteiger partial charge is 0.269 e. The highest BCUT2D eigenvalue weighted by Crippen LogP contribution is 2.19. The minimum Gasteiger partial charge on any atom is -0.362 e. The number of hydrogen-bond acceptors (Lipinski definition) is 6. The molecular formula is C19H20N4O4. The summed E-state index contributed by atoms with van der Waals surface area (Å²) in [4.78, 5) is 11.7. The first-order chi connectivity index (χ1) is 12.9. The maximum Gasteiger partial charge on any atom is 0.269 e. The number of nitrogens with one attached hydrogen (secondary N) is 1. The maximum atomic E-state index is 10.7. The predicted octanol–water partition coefficient (Wildman–Crippen LogP) is 2.58. The van der Waals surface area contributed by atoms with Gasteiger partial charge >= 0.3 is 0 Å². The third-order valence-electron chi connectivity index (χ3n) is 4.07. The van der Waals surface area contributed by atoms with E-state index in [9.17, 15) is 20.3 Å². The van der Waals surface area contributed by atoms with Crippen molar-refractivity contribution >= 4 is 17.2 Å². The van der Waals surface area contributed by atoms with E-state index in [1.54, 1.807) is 36.4 Å². The Morgan fingerprint density at radius 2 is 1.93 bits per heavy atom. The summed E-state index contributed by atoms with van der Waals surface area (Å²) >= 11 is 0. The van der Waals surface area contributed by atoms with Crippen LogP contribution in [0.15, 0.2) is 48.5 Å². The highest BCUT2D eigenvalue weighted by molar-refractivity contribution is 5.97. The molecule has 2 aromatic rings. The van der Waals surface area contributed by atoms with Crippen molar-refractivity contribution in [2.45, 2.75) is 25.6 Å². The summed E-state index contributed by atoms with van der Waals surface area (Å²) in [6.45, 7) is 0.373. The molecule has 0 fully saturated rings. The minimum atomic E-state index is -1.91. The van der Waals surface area contributed by atoms with E-state index in [4.69, 9.17) is 10.7 Å². The lowest BCUT2D eigenvalue weighted by molar-refractivity contribution is -0.384. The van der Waals surface area contributed by atoms with Crippen LogP contribution in [0.4, 0.5) is 11.4 Å². The van der Waals surface area contributed by atoms with E-state index in [1.165, 1.54) is 17.0 Å². The lowest BCUT2D eigenvalue weighted by Crippen LogP contribution is -2.39. The molecule has 3 N–H and O–H groups in total. The highest BCUT2D eigenvalue weighted by Gasteiger charge is 2.18. The largest absolute Gasteiger partial charge is 0.362 e. The fraction of sp³-hybridized carbons (Fsp3) is 0.263. The molecule has 0 heterocycles. The van der Waals surface area contributed by atoms with Gasteiger partial charge in [-0.3, -0.25) is 15.5 Å². The average Bonchev–Trinajstić information content (AvgIpc) is 2.67. The first-order valence-corrected chi connectivity index (χ1v) is 8.38. The zero-order chi connectivity index (χ0) is 19.8. The van der Waals surface area contributed by atoms with Crippen molar-refractivity contribution in [2.24, 2.45) is 0 Å². The van der Waals surface area contributed by atoms with Gasteiger partial charge in [0.15, 0.2) is 5.84 Å². The minimum absolute atomic E-state index is 0.0488. The fourth-order valence-electron chi connectivity index (χ4n) is 2.65. The first kappa shape index (κ1) is 20.0. The van der Waals surface area contributed by atoms with Crippen LogP contribution in [-0.4, -0.2) is 33.8 Å². The van der Waals surface area contributed by atoms with Crippen molar-refractivity contribution in [1.29, 1.82) is 10.7 Å². The quantitative estimate of drug-likeness (QED) is 0.164. The van der Waals surface area contributed by atoms with Crippen molar-refractivity contribution in [2.75, 3.05) is 11.4 Å². The molecule has 0 spiro atoms. The molecule has 0 aromatic heterocycles. The molecule has 0 amide bonds. The third kappa shape index (κ3) is 5.60. The molecule has 0 aliphatic heterocycles. The molecule has 0 bridgehead atoms. The van der Waals surface area contributed by atoms with Crippen LogP contribution in [-0.2, 0) is 6.42 Å². The van der Waals surface area contributed by atoms with Crippen LogP contribution in [0.5, 0.6) is 0 Å². The number of anilines is 1. The molecule has 140 valence electrons. The topological polar surface area (TPSA) is 134 Å². The second kappa shape index (κ2) is 9.43. The van der Waals surface area contributed by atoms with E-state index in [1.807, 2.05) is 6.07 Å². The number of rotatable bonds is 8. The first-order valence-electron chi connectivity index (χ1n) is 8.38. The number of unbranched alkanes of at least 4 members (excludes halogenated alkanes) is 1. The highest BCUT2D eigenvalue weighted by atomic mass is 16.6. The van der Waals surface area contributed by atoms with E-state index in [-0.39, 0.29) is 11.5 Å². The molecule has 0 aliphatic rings. The number of nitriles is 1.